The summed E-state index contributed by atoms with van der Waals surface area (Å²) in [6.45, 7) is 13.3. The van der Waals surface area contributed by atoms with Gasteiger partial charge < -0.3 is 47.9 Å². The molecule has 0 bridgehead atoms. The fourth-order valence-corrected chi connectivity index (χ4v) is 2.94. The molecule has 0 radical (unpaired) electrons. The molecule has 0 atom stereocenters. The minimum absolute atomic E-state index is 0.406. The highest BCUT2D eigenvalue weighted by atomic mass is 16.6. The van der Waals surface area contributed by atoms with Crippen LogP contribution in [0.2, 0.25) is 0 Å². The highest BCUT2D eigenvalue weighted by Gasteiger charge is 2.15. The smallest absolute Gasteiger partial charge is 0.407 e. The van der Waals surface area contributed by atoms with E-state index in [2.05, 4.69) is 5.32 Å². The second-order valence-electron chi connectivity index (χ2n) is 9.34. The molecule has 1 rings (SSSR count). The first-order valence-electron chi connectivity index (χ1n) is 13.5. The predicted molar refractivity (Wildman–Crippen MR) is 147 cm³/mol. The Hall–Kier alpha value is -1.99. The van der Waals surface area contributed by atoms with Crippen molar-refractivity contribution >= 4 is 6.09 Å². The molecule has 1 aromatic rings. The summed E-state index contributed by atoms with van der Waals surface area (Å²) in [7, 11) is 1.64. The van der Waals surface area contributed by atoms with E-state index in [0.717, 1.165) is 11.3 Å². The molecule has 0 aromatic heterocycles. The van der Waals surface area contributed by atoms with Crippen LogP contribution in [0.15, 0.2) is 24.3 Å². The molecular formula is C28H49NO10. The van der Waals surface area contributed by atoms with Crippen LogP contribution in [-0.2, 0) is 44.3 Å². The third-order valence-corrected chi connectivity index (χ3v) is 4.79. The van der Waals surface area contributed by atoms with E-state index in [0.29, 0.717) is 105 Å². The number of ether oxygens (including phenoxy) is 9. The summed E-state index contributed by atoms with van der Waals surface area (Å²) in [6, 6.07) is 7.78. The Labute approximate surface area is 233 Å². The lowest BCUT2D eigenvalue weighted by Crippen LogP contribution is -2.33. The number of amides is 1. The van der Waals surface area contributed by atoms with E-state index in [1.165, 1.54) is 0 Å². The van der Waals surface area contributed by atoms with Crippen LogP contribution >= 0.6 is 0 Å². The molecule has 0 aliphatic heterocycles. The number of nitrogens with one attached hydrogen (secondary N) is 1. The van der Waals surface area contributed by atoms with E-state index in [1.807, 2.05) is 45.0 Å². The van der Waals surface area contributed by atoms with E-state index in [4.69, 9.17) is 42.6 Å². The van der Waals surface area contributed by atoms with Gasteiger partial charge in [0.1, 0.15) is 18.0 Å². The molecule has 226 valence electrons. The molecule has 1 amide bonds. The molecule has 11 nitrogen and oxygen atoms in total. The molecule has 0 saturated heterocycles. The molecule has 1 N–H and O–H groups in total. The van der Waals surface area contributed by atoms with E-state index in [1.54, 1.807) is 7.11 Å². The van der Waals surface area contributed by atoms with Gasteiger partial charge in [0.15, 0.2) is 0 Å². The number of carbonyl (C=O) groups excluding carboxylic acids is 1. The zero-order valence-electron chi connectivity index (χ0n) is 24.2. The Kier molecular flexibility index (Phi) is 21.4. The molecule has 39 heavy (non-hydrogen) atoms. The van der Waals surface area contributed by atoms with Crippen molar-refractivity contribution in [2.24, 2.45) is 0 Å². The Morgan fingerprint density at radius 3 is 1.46 bits per heavy atom. The molecule has 0 heterocycles. The van der Waals surface area contributed by atoms with Crippen molar-refractivity contribution in [3.05, 3.63) is 29.8 Å². The van der Waals surface area contributed by atoms with Gasteiger partial charge in [-0.15, -0.1) is 0 Å². The second kappa shape index (κ2) is 23.9. The van der Waals surface area contributed by atoms with Gasteiger partial charge in [0.05, 0.1) is 85.9 Å². The van der Waals surface area contributed by atoms with Crippen LogP contribution < -0.4 is 10.1 Å². The van der Waals surface area contributed by atoms with Gasteiger partial charge in [-0.05, 0) is 44.9 Å². The first kappa shape index (κ1) is 35.0. The monoisotopic (exact) mass is 559 g/mol. The fourth-order valence-electron chi connectivity index (χ4n) is 2.94. The van der Waals surface area contributed by atoms with Crippen molar-refractivity contribution in [3.63, 3.8) is 0 Å². The summed E-state index contributed by atoms with van der Waals surface area (Å²) in [4.78, 5) is 11.7. The molecular weight excluding hydrogens is 510 g/mol. The Morgan fingerprint density at radius 2 is 1.05 bits per heavy atom. The first-order valence-corrected chi connectivity index (χ1v) is 13.5. The summed E-state index contributed by atoms with van der Waals surface area (Å²) in [5, 5.41) is 2.75. The molecule has 11 heteroatoms. The van der Waals surface area contributed by atoms with Gasteiger partial charge in [-0.25, -0.2) is 4.79 Å². The van der Waals surface area contributed by atoms with E-state index >= 15 is 0 Å². The van der Waals surface area contributed by atoms with Gasteiger partial charge in [-0.2, -0.15) is 0 Å². The maximum Gasteiger partial charge on any atom is 0.407 e. The minimum Gasteiger partial charge on any atom is -0.491 e. The van der Waals surface area contributed by atoms with Gasteiger partial charge >= 0.3 is 6.09 Å². The highest BCUT2D eigenvalue weighted by molar-refractivity contribution is 5.67. The van der Waals surface area contributed by atoms with Crippen molar-refractivity contribution < 1.29 is 47.4 Å². The van der Waals surface area contributed by atoms with Crippen LogP contribution in [0.25, 0.3) is 0 Å². The topological polar surface area (TPSA) is 112 Å². The van der Waals surface area contributed by atoms with Gasteiger partial charge in [-0.3, -0.25) is 0 Å². The number of methoxy groups -OCH3 is 1. The zero-order chi connectivity index (χ0) is 28.4. The maximum absolute atomic E-state index is 11.7. The fraction of sp³-hybridized carbons (Fsp3) is 0.750. The van der Waals surface area contributed by atoms with Crippen LogP contribution in [0.3, 0.4) is 0 Å². The zero-order valence-corrected chi connectivity index (χ0v) is 24.2. The summed E-state index contributed by atoms with van der Waals surface area (Å²) in [6.07, 6.45) is 0.307. The normalized spacial score (nSPS) is 11.5. The van der Waals surface area contributed by atoms with Crippen molar-refractivity contribution in [3.8, 4) is 5.75 Å². The van der Waals surface area contributed by atoms with Gasteiger partial charge in [-0.1, -0.05) is 12.1 Å². The molecule has 0 aliphatic rings. The third kappa shape index (κ3) is 23.6. The number of alkyl carbamates (subject to hydrolysis) is 1. The van der Waals surface area contributed by atoms with E-state index in [9.17, 15) is 4.79 Å². The standard InChI is InChI=1S/C28H49NO10/c1-28(2,3)39-27(30)29-10-9-25-5-7-26(8-6-25)38-24-23-37-22-21-36-20-19-35-18-17-34-16-15-33-14-13-32-12-11-31-4/h5-8H,9-24H2,1-4H3,(H,29,30). The van der Waals surface area contributed by atoms with Crippen LogP contribution in [0, 0.1) is 0 Å². The molecule has 0 saturated carbocycles. The number of benzene rings is 1. The molecule has 0 unspecified atom stereocenters. The third-order valence-electron chi connectivity index (χ3n) is 4.79. The number of rotatable bonds is 25. The lowest BCUT2D eigenvalue weighted by Gasteiger charge is -2.19. The predicted octanol–water partition coefficient (Wildman–Crippen LogP) is 2.88. The Balaban J connectivity index is 1.83. The van der Waals surface area contributed by atoms with Crippen molar-refractivity contribution in [2.75, 3.05) is 106 Å². The van der Waals surface area contributed by atoms with Crippen LogP contribution in [0.5, 0.6) is 5.75 Å². The summed E-state index contributed by atoms with van der Waals surface area (Å²) in [5.74, 6) is 0.774. The lowest BCUT2D eigenvalue weighted by molar-refractivity contribution is -0.0199. The molecule has 1 aromatic carbocycles. The van der Waals surface area contributed by atoms with Crippen molar-refractivity contribution in [2.45, 2.75) is 32.8 Å². The molecule has 0 fully saturated rings. The van der Waals surface area contributed by atoms with Gasteiger partial charge in [0, 0.05) is 13.7 Å². The Bertz CT molecular complexity index is 697. The average Bonchev–Trinajstić information content (AvgIpc) is 2.89. The number of hydrogen-bond acceptors (Lipinski definition) is 10. The average molecular weight is 560 g/mol. The number of carbonyl (C=O) groups is 1. The molecule has 0 spiro atoms. The van der Waals surface area contributed by atoms with E-state index in [-0.39, 0.29) is 0 Å². The minimum atomic E-state index is -0.497. The summed E-state index contributed by atoms with van der Waals surface area (Å²) >= 11 is 0. The first-order chi connectivity index (χ1) is 18.9. The maximum atomic E-state index is 11.7. The highest BCUT2D eigenvalue weighted by Crippen LogP contribution is 2.12. The SMILES string of the molecule is COCCOCCOCCOCCOCCOCCOCCOc1ccc(CCNC(=O)OC(C)(C)C)cc1. The Morgan fingerprint density at radius 1 is 0.641 bits per heavy atom. The van der Waals surface area contributed by atoms with E-state index < -0.39 is 11.7 Å². The van der Waals surface area contributed by atoms with Crippen LogP contribution in [0.1, 0.15) is 26.3 Å². The summed E-state index contributed by atoms with van der Waals surface area (Å²) in [5.41, 5.74) is 0.604. The largest absolute Gasteiger partial charge is 0.491 e. The van der Waals surface area contributed by atoms with Crippen molar-refractivity contribution in [1.29, 1.82) is 0 Å². The van der Waals surface area contributed by atoms with Gasteiger partial charge in [0.2, 0.25) is 0 Å². The van der Waals surface area contributed by atoms with Gasteiger partial charge in [0.25, 0.3) is 0 Å². The number of hydrogen-bond donors (Lipinski definition) is 1. The summed E-state index contributed by atoms with van der Waals surface area (Å²) < 4.78 is 48.4. The van der Waals surface area contributed by atoms with Crippen molar-refractivity contribution in [1.82, 2.24) is 5.32 Å². The lowest BCUT2D eigenvalue weighted by atomic mass is 10.1. The van der Waals surface area contributed by atoms with Crippen LogP contribution in [0.4, 0.5) is 4.79 Å². The molecule has 0 aliphatic carbocycles. The second-order valence-corrected chi connectivity index (χ2v) is 9.34. The van der Waals surface area contributed by atoms with Crippen LogP contribution in [-0.4, -0.2) is 118 Å². The quantitative estimate of drug-likeness (QED) is 0.180.